The Kier molecular flexibility index (Phi) is 14.7. The predicted octanol–water partition coefficient (Wildman–Crippen LogP) is 22.7. The molecule has 0 saturated carbocycles. The van der Waals surface area contributed by atoms with Crippen LogP contribution in [0.4, 0.5) is 17.1 Å². The van der Waals surface area contributed by atoms with Gasteiger partial charge in [-0.3, -0.25) is 4.57 Å². The summed E-state index contributed by atoms with van der Waals surface area (Å²) in [6.07, 6.45) is 0. The molecule has 0 unspecified atom stereocenters. The maximum absolute atomic E-state index is 7.47. The number of hydrogen-bond acceptors (Lipinski definition) is 3. The highest BCUT2D eigenvalue weighted by Crippen LogP contribution is 2.49. The van der Waals surface area contributed by atoms with Gasteiger partial charge in [-0.1, -0.05) is 276 Å². The minimum absolute atomic E-state index is 0.0457. The molecule has 0 spiro atoms. The Hall–Kier alpha value is -9.19. The van der Waals surface area contributed by atoms with E-state index in [4.69, 9.17) is 9.72 Å². The fraction of sp³-hybridized carbons (Fsp3) is 0.270. The van der Waals surface area contributed by atoms with Crippen LogP contribution in [0.25, 0.3) is 83.4 Å². The van der Waals surface area contributed by atoms with E-state index < -0.39 is 0 Å². The van der Waals surface area contributed by atoms with E-state index in [0.29, 0.717) is 0 Å². The monoisotopic (exact) mass is 1230 g/mol. The minimum atomic E-state index is -0.223. The van der Waals surface area contributed by atoms with Gasteiger partial charge in [-0.2, -0.15) is 0 Å². The number of fused-ring (bicyclic) bond motifs is 7. The number of para-hydroxylation sites is 1. The van der Waals surface area contributed by atoms with Crippen molar-refractivity contribution in [3.8, 4) is 73.1 Å². The Labute approximate surface area is 559 Å². The second kappa shape index (κ2) is 22.2. The van der Waals surface area contributed by atoms with Crippen molar-refractivity contribution in [2.45, 2.75) is 157 Å². The Morgan fingerprint density at radius 3 is 1.31 bits per heavy atom. The van der Waals surface area contributed by atoms with Crippen molar-refractivity contribution >= 4 is 62.0 Å². The first kappa shape index (κ1) is 62.3. The largest absolute Gasteiger partial charge is 0.458 e. The van der Waals surface area contributed by atoms with Gasteiger partial charge >= 0.3 is 0 Å². The zero-order chi connectivity index (χ0) is 66.3. The maximum Gasteiger partial charge on any atom is 0.256 e. The van der Waals surface area contributed by atoms with Gasteiger partial charge in [0, 0.05) is 27.7 Å². The lowest BCUT2D eigenvalue weighted by atomic mass is 9.34. The zero-order valence-corrected chi connectivity index (χ0v) is 58.6. The molecule has 0 N–H and O–H groups in total. The number of anilines is 3. The third-order valence-corrected chi connectivity index (χ3v) is 19.9. The number of rotatable bonds is 7. The van der Waals surface area contributed by atoms with Crippen molar-refractivity contribution < 1.29 is 4.74 Å². The summed E-state index contributed by atoms with van der Waals surface area (Å²) in [6, 6.07) is 83.0. The first-order valence-electron chi connectivity index (χ1n) is 33.9. The summed E-state index contributed by atoms with van der Waals surface area (Å²) >= 11 is 0. The molecule has 4 heterocycles. The summed E-state index contributed by atoms with van der Waals surface area (Å²) in [4.78, 5) is 8.53. The molecular formula is C89H90BN3O. The van der Waals surface area contributed by atoms with Crippen LogP contribution < -0.4 is 26.0 Å². The van der Waals surface area contributed by atoms with Crippen LogP contribution in [-0.4, -0.2) is 16.3 Å². The van der Waals surface area contributed by atoms with Crippen LogP contribution in [0.15, 0.2) is 218 Å². The first-order chi connectivity index (χ1) is 44.3. The molecule has 2 aromatic heterocycles. The Bertz CT molecular complexity index is 4850. The summed E-state index contributed by atoms with van der Waals surface area (Å²) in [5.41, 5.74) is 27.6. The van der Waals surface area contributed by atoms with Gasteiger partial charge in [-0.25, -0.2) is 4.98 Å². The smallest absolute Gasteiger partial charge is 0.256 e. The van der Waals surface area contributed by atoms with E-state index in [9.17, 15) is 0 Å². The summed E-state index contributed by atoms with van der Waals surface area (Å²) in [6.45, 7) is 41.6. The fourth-order valence-electron chi connectivity index (χ4n) is 14.1. The van der Waals surface area contributed by atoms with Gasteiger partial charge in [0.25, 0.3) is 6.71 Å². The highest BCUT2D eigenvalue weighted by Gasteiger charge is 2.43. The minimum Gasteiger partial charge on any atom is -0.458 e. The van der Waals surface area contributed by atoms with Gasteiger partial charge in [0.1, 0.15) is 17.3 Å². The van der Waals surface area contributed by atoms with Crippen molar-refractivity contribution in [2.75, 3.05) is 4.90 Å². The van der Waals surface area contributed by atoms with Crippen LogP contribution in [0, 0.1) is 0 Å². The normalized spacial score (nSPS) is 13.5. The van der Waals surface area contributed by atoms with Crippen LogP contribution in [-0.2, 0) is 32.5 Å². The van der Waals surface area contributed by atoms with Crippen LogP contribution in [0.2, 0.25) is 0 Å². The van der Waals surface area contributed by atoms with Gasteiger partial charge < -0.3 is 9.64 Å². The second-order valence-corrected chi connectivity index (χ2v) is 33.0. The van der Waals surface area contributed by atoms with Crippen LogP contribution in [0.5, 0.6) is 11.5 Å². The molecule has 0 fully saturated rings. The standard InChI is InChI=1S/C89H90BN3O/c1-84(2,3)63-35-38-76-70(53-63)71-54-64(85(4,5)6)36-39-77(71)93(76)82-50-61(59-41-65(86(7,8)9)51-66(42-59)87(10,11)12)47-74(91-82)58-33-37-78-72(46-58)90-73-45-57(55-27-21-19-22-28-55)34-40-80(73)94-81-49-62(60-43-67(88(13,14)15)52-68(44-60)89(16,17)18)48-79(83(81)90)92(78)75-32-26-25-31-69(75)56-29-23-20-24-30-56/h19-54H,1-18H3. The van der Waals surface area contributed by atoms with E-state index in [1.165, 1.54) is 60.7 Å². The lowest BCUT2D eigenvalue weighted by molar-refractivity contribution is 0.488. The van der Waals surface area contributed by atoms with Crippen molar-refractivity contribution in [1.29, 1.82) is 0 Å². The molecule has 12 aromatic rings. The molecule has 94 heavy (non-hydrogen) atoms. The quantitative estimate of drug-likeness (QED) is 0.149. The third kappa shape index (κ3) is 11.3. The highest BCUT2D eigenvalue weighted by atomic mass is 16.5. The van der Waals surface area contributed by atoms with Gasteiger partial charge in [0.05, 0.1) is 22.4 Å². The number of benzene rings is 10. The molecule has 470 valence electrons. The van der Waals surface area contributed by atoms with E-state index in [2.05, 4.69) is 352 Å². The molecule has 4 nitrogen and oxygen atoms in total. The molecule has 0 aliphatic carbocycles. The van der Waals surface area contributed by atoms with Crippen LogP contribution in [0.3, 0.4) is 0 Å². The Morgan fingerprint density at radius 2 is 0.777 bits per heavy atom. The van der Waals surface area contributed by atoms with Crippen LogP contribution in [0.1, 0.15) is 158 Å². The van der Waals surface area contributed by atoms with Crippen molar-refractivity contribution in [3.63, 3.8) is 0 Å². The molecule has 0 atom stereocenters. The van der Waals surface area contributed by atoms with E-state index in [0.717, 1.165) is 101 Å². The zero-order valence-electron chi connectivity index (χ0n) is 58.6. The van der Waals surface area contributed by atoms with Crippen molar-refractivity contribution in [1.82, 2.24) is 9.55 Å². The molecular weight excluding hydrogens is 1140 g/mol. The average Bonchev–Trinajstić information content (AvgIpc) is 0.811. The average molecular weight is 1230 g/mol. The fourth-order valence-corrected chi connectivity index (χ4v) is 14.1. The molecule has 5 heteroatoms. The highest BCUT2D eigenvalue weighted by molar-refractivity contribution is 6.99. The molecule has 0 bridgehead atoms. The van der Waals surface area contributed by atoms with Gasteiger partial charge in [-0.15, -0.1) is 0 Å². The molecule has 0 amide bonds. The topological polar surface area (TPSA) is 30.3 Å². The van der Waals surface area contributed by atoms with E-state index in [-0.39, 0.29) is 39.2 Å². The number of pyridine rings is 1. The lowest BCUT2D eigenvalue weighted by Gasteiger charge is -2.41. The van der Waals surface area contributed by atoms with E-state index in [1.54, 1.807) is 0 Å². The number of ether oxygens (including phenoxy) is 1. The Morgan fingerprint density at radius 1 is 0.309 bits per heavy atom. The molecule has 2 aliphatic rings. The third-order valence-electron chi connectivity index (χ3n) is 19.9. The lowest BCUT2D eigenvalue weighted by Crippen LogP contribution is -2.59. The maximum atomic E-state index is 7.47. The molecule has 10 aromatic carbocycles. The van der Waals surface area contributed by atoms with E-state index >= 15 is 0 Å². The predicted molar refractivity (Wildman–Crippen MR) is 404 cm³/mol. The van der Waals surface area contributed by atoms with Gasteiger partial charge in [0.2, 0.25) is 0 Å². The first-order valence-corrected chi connectivity index (χ1v) is 33.9. The number of nitrogens with zero attached hydrogens (tertiary/aromatic N) is 3. The van der Waals surface area contributed by atoms with Crippen molar-refractivity contribution in [2.24, 2.45) is 0 Å². The Balaban J connectivity index is 1.08. The summed E-state index contributed by atoms with van der Waals surface area (Å²) in [7, 11) is 0. The van der Waals surface area contributed by atoms with E-state index in [1.807, 2.05) is 0 Å². The summed E-state index contributed by atoms with van der Waals surface area (Å²) in [5, 5.41) is 2.47. The second-order valence-electron chi connectivity index (χ2n) is 33.0. The van der Waals surface area contributed by atoms with Gasteiger partial charge in [-0.05, 0) is 193 Å². The van der Waals surface area contributed by atoms with Gasteiger partial charge in [0.15, 0.2) is 0 Å². The van der Waals surface area contributed by atoms with Crippen molar-refractivity contribution in [3.05, 3.63) is 252 Å². The number of hydrogen-bond donors (Lipinski definition) is 0. The summed E-state index contributed by atoms with van der Waals surface area (Å²) < 4.78 is 9.91. The molecule has 0 saturated heterocycles. The van der Waals surface area contributed by atoms with Crippen LogP contribution >= 0.6 is 0 Å². The molecule has 0 radical (unpaired) electrons. The number of aromatic nitrogens is 2. The molecule has 14 rings (SSSR count). The summed E-state index contributed by atoms with van der Waals surface area (Å²) in [5.74, 6) is 2.60. The SMILES string of the molecule is CC(C)(C)c1cc(-c2cc(-c3ccc4c(c3)B3c5cc(-c6ccccc6)ccc5Oc5cc(-c6cc(C(C)(C)C)cc(C(C)(C)C)c6)cc(c53)N4c3ccccc3-c3ccccc3)nc(-n3c4ccc(C(C)(C)C)cc4c4cc(C(C)(C)C)ccc43)c2)cc(C(C)(C)C)c1. The molecule has 2 aliphatic heterocycles.